The topological polar surface area (TPSA) is 54.4 Å². The van der Waals surface area contributed by atoms with Gasteiger partial charge in [0, 0.05) is 10.7 Å². The van der Waals surface area contributed by atoms with Gasteiger partial charge in [0.05, 0.1) is 0 Å². The summed E-state index contributed by atoms with van der Waals surface area (Å²) in [6, 6.07) is 26.4. The van der Waals surface area contributed by atoms with Crippen LogP contribution < -0.4 is 0 Å². The minimum atomic E-state index is -4.19. The van der Waals surface area contributed by atoms with E-state index in [0.717, 1.165) is 0 Å². The molecular weight excluding hydrogens is 356 g/mol. The van der Waals surface area contributed by atoms with Gasteiger partial charge in [-0.3, -0.25) is 4.55 Å². The average molecular weight is 369 g/mol. The molecule has 0 atom stereocenters. The second kappa shape index (κ2) is 5.85. The van der Waals surface area contributed by atoms with E-state index in [9.17, 15) is 0 Å². The molecule has 0 fully saturated rings. The number of rotatable bonds is 0. The van der Waals surface area contributed by atoms with Crippen LogP contribution in [0.5, 0.6) is 0 Å². The molecule has 0 aromatic heterocycles. The Hall–Kier alpha value is -2.40. The van der Waals surface area contributed by atoms with Gasteiger partial charge in [0.1, 0.15) is 0 Å². The van der Waals surface area contributed by atoms with E-state index in [1.54, 1.807) is 0 Å². The molecule has 3 nitrogen and oxygen atoms in total. The summed E-state index contributed by atoms with van der Waals surface area (Å²) in [5.41, 5.74) is 0. The fourth-order valence-electron chi connectivity index (χ4n) is 3.58. The zero-order valence-electron chi connectivity index (χ0n) is 13.0. The molecule has 0 amide bonds. The van der Waals surface area contributed by atoms with Crippen LogP contribution in [0.3, 0.4) is 0 Å². The third-order valence-corrected chi connectivity index (χ3v) is 4.39. The first-order valence-electron chi connectivity index (χ1n) is 7.65. The Morgan fingerprint density at radius 3 is 1.08 bits per heavy atom. The predicted octanol–water partition coefficient (Wildman–Crippen LogP) is 5.77. The van der Waals surface area contributed by atoms with Crippen LogP contribution in [0.15, 0.2) is 72.8 Å². The largest absolute Gasteiger partial charge is 0.353 e. The van der Waals surface area contributed by atoms with Gasteiger partial charge in [-0.1, -0.05) is 72.8 Å². The summed E-state index contributed by atoms with van der Waals surface area (Å²) >= 11 is 0. The molecule has 0 radical (unpaired) electrons. The van der Waals surface area contributed by atoms with Crippen molar-refractivity contribution in [2.24, 2.45) is 0 Å². The third kappa shape index (κ3) is 2.89. The molecule has 0 aliphatic heterocycles. The van der Waals surface area contributed by atoms with Gasteiger partial charge in [0.15, 0.2) is 0 Å². The first-order valence-corrected chi connectivity index (χ1v) is 9.91. The summed E-state index contributed by atoms with van der Waals surface area (Å²) in [6.07, 6.45) is 0. The van der Waals surface area contributed by atoms with Gasteiger partial charge in [-0.15, -0.1) is 0 Å². The zero-order chi connectivity index (χ0) is 17.6. The summed E-state index contributed by atoms with van der Waals surface area (Å²) in [7, 11) is -0.137. The number of hydrogen-bond donors (Lipinski definition) is 1. The van der Waals surface area contributed by atoms with E-state index < -0.39 is 9.33 Å². The van der Waals surface area contributed by atoms with E-state index in [1.807, 2.05) is 0 Å². The van der Waals surface area contributed by atoms with Crippen LogP contribution >= 0.6 is 10.7 Å². The average Bonchev–Trinajstić information content (AvgIpc) is 2.58. The standard InChI is InChI=1S/C20H12.ClHO3S/c1-5-13-6-2-11-17-18-12-4-8-14-7-3-10-16(20(14)18)15(9-1)19(13)17;1-5(2,3)4/h1-12H;(H,2,3,4). The van der Waals surface area contributed by atoms with Crippen LogP contribution in [0, 0.1) is 0 Å². The first kappa shape index (κ1) is 16.1. The minimum absolute atomic E-state index is 1.33. The van der Waals surface area contributed by atoms with Crippen molar-refractivity contribution in [3.05, 3.63) is 72.8 Å². The summed E-state index contributed by atoms with van der Waals surface area (Å²) in [6.45, 7) is 0. The van der Waals surface area contributed by atoms with Crippen molar-refractivity contribution in [3.8, 4) is 0 Å². The van der Waals surface area contributed by atoms with Crippen molar-refractivity contribution in [3.63, 3.8) is 0 Å². The van der Waals surface area contributed by atoms with Crippen LogP contribution in [0.25, 0.3) is 43.1 Å². The molecule has 1 N–H and O–H groups in total. The lowest BCUT2D eigenvalue weighted by molar-refractivity contribution is 0.501. The molecule has 0 spiro atoms. The van der Waals surface area contributed by atoms with E-state index in [4.69, 9.17) is 13.0 Å². The summed E-state index contributed by atoms with van der Waals surface area (Å²) < 4.78 is 25.2. The van der Waals surface area contributed by atoms with E-state index in [-0.39, 0.29) is 0 Å². The highest BCUT2D eigenvalue weighted by Gasteiger charge is 2.11. The van der Waals surface area contributed by atoms with E-state index >= 15 is 0 Å². The lowest BCUT2D eigenvalue weighted by Gasteiger charge is -2.13. The minimum Gasteiger partial charge on any atom is -0.273 e. The van der Waals surface area contributed by atoms with Crippen molar-refractivity contribution in [1.29, 1.82) is 0 Å². The normalized spacial score (nSPS) is 11.9. The van der Waals surface area contributed by atoms with Gasteiger partial charge in [0.2, 0.25) is 0 Å². The Morgan fingerprint density at radius 1 is 0.600 bits per heavy atom. The molecule has 0 aliphatic rings. The molecule has 5 heteroatoms. The maximum absolute atomic E-state index is 8.95. The third-order valence-electron chi connectivity index (χ3n) is 4.39. The van der Waals surface area contributed by atoms with Crippen molar-refractivity contribution >= 4 is 63.1 Å². The lowest BCUT2D eigenvalue weighted by atomic mass is 9.90. The molecule has 5 rings (SSSR count). The summed E-state index contributed by atoms with van der Waals surface area (Å²) in [5.74, 6) is 0. The maximum atomic E-state index is 8.95. The van der Waals surface area contributed by atoms with Crippen LogP contribution in [0.4, 0.5) is 0 Å². The van der Waals surface area contributed by atoms with Crippen LogP contribution in [-0.4, -0.2) is 13.0 Å². The Labute approximate surface area is 149 Å². The fraction of sp³-hybridized carbons (Fsp3) is 0. The van der Waals surface area contributed by atoms with Crippen molar-refractivity contribution in [1.82, 2.24) is 0 Å². The van der Waals surface area contributed by atoms with Crippen molar-refractivity contribution in [2.75, 3.05) is 0 Å². The highest BCUT2D eigenvalue weighted by molar-refractivity contribution is 8.09. The molecule has 5 aromatic carbocycles. The zero-order valence-corrected chi connectivity index (χ0v) is 14.6. The number of benzene rings is 5. The first-order chi connectivity index (χ1) is 11.9. The molecule has 0 saturated heterocycles. The second-order valence-electron chi connectivity index (χ2n) is 5.83. The summed E-state index contributed by atoms with van der Waals surface area (Å²) in [4.78, 5) is 0. The Balaban J connectivity index is 0.000000280. The highest BCUT2D eigenvalue weighted by Crippen LogP contribution is 2.39. The molecule has 0 heterocycles. The Kier molecular flexibility index (Phi) is 3.76. The van der Waals surface area contributed by atoms with E-state index in [1.165, 1.54) is 43.1 Å². The highest BCUT2D eigenvalue weighted by atomic mass is 35.7. The molecule has 124 valence electrons. The van der Waals surface area contributed by atoms with Crippen LogP contribution in [0.1, 0.15) is 0 Å². The Morgan fingerprint density at radius 2 is 0.840 bits per heavy atom. The number of hydrogen-bond acceptors (Lipinski definition) is 2. The van der Waals surface area contributed by atoms with Gasteiger partial charge in [-0.05, 0) is 43.1 Å². The predicted molar refractivity (Wildman–Crippen MR) is 105 cm³/mol. The van der Waals surface area contributed by atoms with Crippen molar-refractivity contribution in [2.45, 2.75) is 0 Å². The molecule has 0 aliphatic carbocycles. The van der Waals surface area contributed by atoms with Gasteiger partial charge < -0.3 is 0 Å². The van der Waals surface area contributed by atoms with Gasteiger partial charge >= 0.3 is 9.33 Å². The molecule has 0 unspecified atom stereocenters. The smallest absolute Gasteiger partial charge is 0.273 e. The van der Waals surface area contributed by atoms with E-state index in [0.29, 0.717) is 0 Å². The molecular formula is C20H13ClO3S. The number of halogens is 1. The quantitative estimate of drug-likeness (QED) is 0.163. The van der Waals surface area contributed by atoms with Crippen LogP contribution in [0.2, 0.25) is 0 Å². The number of fused-ring (bicyclic) bond motifs is 2. The maximum Gasteiger partial charge on any atom is 0.353 e. The van der Waals surface area contributed by atoms with E-state index in [2.05, 4.69) is 83.5 Å². The molecule has 25 heavy (non-hydrogen) atoms. The second-order valence-corrected chi connectivity index (χ2v) is 7.82. The lowest BCUT2D eigenvalue weighted by Crippen LogP contribution is -1.85. The van der Waals surface area contributed by atoms with Crippen LogP contribution in [-0.2, 0) is 9.33 Å². The monoisotopic (exact) mass is 368 g/mol. The van der Waals surface area contributed by atoms with Gasteiger partial charge in [-0.25, -0.2) is 0 Å². The molecule has 0 saturated carbocycles. The molecule has 5 aromatic rings. The van der Waals surface area contributed by atoms with Gasteiger partial charge in [-0.2, -0.15) is 8.42 Å². The van der Waals surface area contributed by atoms with Crippen molar-refractivity contribution < 1.29 is 13.0 Å². The van der Waals surface area contributed by atoms with Gasteiger partial charge in [0.25, 0.3) is 0 Å². The summed E-state index contributed by atoms with van der Waals surface area (Å²) in [5, 5.41) is 10.9. The Bertz CT molecular complexity index is 1150. The fourth-order valence-corrected chi connectivity index (χ4v) is 3.58. The SMILES string of the molecule is O=S(=O)(O)Cl.c1cc2cccc3c4cccc5cccc(c(c1)c23)c54. The molecule has 0 bridgehead atoms.